The Bertz CT molecular complexity index is 1590. The van der Waals surface area contributed by atoms with E-state index in [9.17, 15) is 16.8 Å². The Morgan fingerprint density at radius 1 is 0.698 bits per heavy atom. The molecule has 0 unspecified atom stereocenters. The number of hydrogen-bond donors (Lipinski definition) is 0. The third kappa shape index (κ3) is 7.19. The van der Waals surface area contributed by atoms with E-state index in [2.05, 4.69) is 0 Å². The van der Waals surface area contributed by atoms with Gasteiger partial charge in [0.25, 0.3) is 0 Å². The molecular formula is C31H38O10S2. The van der Waals surface area contributed by atoms with E-state index in [4.69, 9.17) is 28.4 Å². The quantitative estimate of drug-likeness (QED) is 0.229. The van der Waals surface area contributed by atoms with E-state index in [1.165, 1.54) is 26.4 Å². The highest BCUT2D eigenvalue weighted by atomic mass is 32.2. The van der Waals surface area contributed by atoms with Gasteiger partial charge < -0.3 is 28.4 Å². The standard InChI is InChI=1S/C31H38O10S2/c1-6-15-43(34,35)29-20-22(19-28(38-4)31(29)40-14-16-42(32,33)23-10-8-7-9-11-23)25-13-12-24(41-25)21-17-26(36-2)30(39-5)27(18-21)37-3/h7-11,17-20,24-25H,6,12-16H2,1-5H3/t24-,25-/m1/s1. The topological polar surface area (TPSA) is 124 Å². The molecule has 0 saturated carbocycles. The van der Waals surface area contributed by atoms with Crippen molar-refractivity contribution < 1.29 is 45.3 Å². The van der Waals surface area contributed by atoms with E-state index in [0.717, 1.165) is 5.56 Å². The van der Waals surface area contributed by atoms with Crippen LogP contribution in [0.3, 0.4) is 0 Å². The number of rotatable bonds is 14. The zero-order valence-electron chi connectivity index (χ0n) is 25.0. The van der Waals surface area contributed by atoms with Crippen LogP contribution in [0.5, 0.6) is 28.7 Å². The maximum absolute atomic E-state index is 13.4. The fraction of sp³-hybridized carbons (Fsp3) is 0.419. The highest BCUT2D eigenvalue weighted by molar-refractivity contribution is 7.91. The third-order valence-electron chi connectivity index (χ3n) is 7.22. The minimum Gasteiger partial charge on any atom is -0.493 e. The summed E-state index contributed by atoms with van der Waals surface area (Å²) in [7, 11) is -1.39. The van der Waals surface area contributed by atoms with Gasteiger partial charge in [0.05, 0.1) is 57.0 Å². The van der Waals surface area contributed by atoms with Gasteiger partial charge in [-0.1, -0.05) is 25.1 Å². The van der Waals surface area contributed by atoms with Crippen LogP contribution in [0.1, 0.15) is 49.5 Å². The first-order chi connectivity index (χ1) is 20.6. The summed E-state index contributed by atoms with van der Waals surface area (Å²) in [6, 6.07) is 15.0. The minimum absolute atomic E-state index is 0.0119. The van der Waals surface area contributed by atoms with Crippen molar-refractivity contribution in [3.63, 3.8) is 0 Å². The van der Waals surface area contributed by atoms with Crippen LogP contribution >= 0.6 is 0 Å². The van der Waals surface area contributed by atoms with Gasteiger partial charge in [-0.15, -0.1) is 0 Å². The third-order valence-corrected chi connectivity index (χ3v) is 10.8. The molecule has 0 aliphatic carbocycles. The molecule has 1 aliphatic rings. The van der Waals surface area contributed by atoms with E-state index >= 15 is 0 Å². The molecule has 0 spiro atoms. The Kier molecular flexibility index (Phi) is 10.5. The van der Waals surface area contributed by atoms with Gasteiger partial charge in [0, 0.05) is 0 Å². The zero-order valence-corrected chi connectivity index (χ0v) is 26.6. The van der Waals surface area contributed by atoms with Crippen LogP contribution in [-0.2, 0) is 24.4 Å². The van der Waals surface area contributed by atoms with E-state index in [-0.39, 0.29) is 45.5 Å². The van der Waals surface area contributed by atoms with Crippen molar-refractivity contribution in [3.8, 4) is 28.7 Å². The Hall–Kier alpha value is -3.48. The largest absolute Gasteiger partial charge is 0.493 e. The van der Waals surface area contributed by atoms with Gasteiger partial charge in [-0.3, -0.25) is 0 Å². The van der Waals surface area contributed by atoms with Crippen molar-refractivity contribution in [1.29, 1.82) is 0 Å². The summed E-state index contributed by atoms with van der Waals surface area (Å²) in [6.45, 7) is 1.51. The molecule has 1 saturated heterocycles. The average Bonchev–Trinajstić information content (AvgIpc) is 3.51. The molecule has 12 heteroatoms. The predicted octanol–water partition coefficient (Wildman–Crippen LogP) is 5.35. The Labute approximate surface area is 253 Å². The molecule has 10 nitrogen and oxygen atoms in total. The predicted molar refractivity (Wildman–Crippen MR) is 161 cm³/mol. The van der Waals surface area contributed by atoms with E-state index < -0.39 is 25.8 Å². The summed E-state index contributed by atoms with van der Waals surface area (Å²) in [4.78, 5) is 0.112. The molecule has 0 bridgehead atoms. The molecule has 3 aromatic carbocycles. The lowest BCUT2D eigenvalue weighted by Gasteiger charge is -2.21. The van der Waals surface area contributed by atoms with Gasteiger partial charge in [-0.05, 0) is 66.8 Å². The van der Waals surface area contributed by atoms with Gasteiger partial charge in [-0.25, -0.2) is 16.8 Å². The molecule has 0 amide bonds. The van der Waals surface area contributed by atoms with Crippen LogP contribution < -0.4 is 23.7 Å². The van der Waals surface area contributed by atoms with E-state index in [1.807, 2.05) is 12.1 Å². The van der Waals surface area contributed by atoms with Crippen molar-refractivity contribution in [2.75, 3.05) is 46.6 Å². The first-order valence-electron chi connectivity index (χ1n) is 13.9. The SMILES string of the molecule is CCCS(=O)(=O)c1cc([C@H]2CC[C@H](c3cc(OC)c(OC)c(OC)c3)O2)cc(OC)c1OCCS(=O)(=O)c1ccccc1. The van der Waals surface area contributed by atoms with Crippen LogP contribution in [-0.4, -0.2) is 63.4 Å². The molecule has 234 valence electrons. The first-order valence-corrected chi connectivity index (χ1v) is 17.2. The maximum Gasteiger partial charge on any atom is 0.203 e. The van der Waals surface area contributed by atoms with Crippen LogP contribution in [0, 0.1) is 0 Å². The monoisotopic (exact) mass is 634 g/mol. The molecule has 2 atom stereocenters. The van der Waals surface area contributed by atoms with Crippen molar-refractivity contribution in [2.24, 2.45) is 0 Å². The molecule has 1 heterocycles. The molecular weight excluding hydrogens is 596 g/mol. The lowest BCUT2D eigenvalue weighted by molar-refractivity contribution is 0.0435. The number of methoxy groups -OCH3 is 4. The zero-order chi connectivity index (χ0) is 31.2. The van der Waals surface area contributed by atoms with E-state index in [1.54, 1.807) is 51.5 Å². The Balaban J connectivity index is 1.64. The van der Waals surface area contributed by atoms with Crippen LogP contribution in [0.25, 0.3) is 0 Å². The highest BCUT2D eigenvalue weighted by Crippen LogP contribution is 2.48. The molecule has 0 radical (unpaired) electrons. The average molecular weight is 635 g/mol. The summed E-state index contributed by atoms with van der Waals surface area (Å²) >= 11 is 0. The molecule has 43 heavy (non-hydrogen) atoms. The summed E-state index contributed by atoms with van der Waals surface area (Å²) < 4.78 is 86.7. The van der Waals surface area contributed by atoms with Gasteiger partial charge in [0.15, 0.2) is 42.7 Å². The van der Waals surface area contributed by atoms with Gasteiger partial charge >= 0.3 is 0 Å². The second kappa shape index (κ2) is 13.9. The van der Waals surface area contributed by atoms with Crippen molar-refractivity contribution in [1.82, 2.24) is 0 Å². The summed E-state index contributed by atoms with van der Waals surface area (Å²) in [5.41, 5.74) is 1.45. The molecule has 3 aromatic rings. The summed E-state index contributed by atoms with van der Waals surface area (Å²) in [5, 5.41) is 0. The van der Waals surface area contributed by atoms with Crippen molar-refractivity contribution in [3.05, 3.63) is 65.7 Å². The first kappa shape index (κ1) is 32.4. The second-order valence-electron chi connectivity index (χ2n) is 10.00. The summed E-state index contributed by atoms with van der Waals surface area (Å²) in [6.07, 6.45) is 0.936. The Morgan fingerprint density at radius 3 is 1.74 bits per heavy atom. The minimum atomic E-state index is -3.79. The van der Waals surface area contributed by atoms with Crippen LogP contribution in [0.15, 0.2) is 64.4 Å². The second-order valence-corrected chi connectivity index (χ2v) is 14.2. The van der Waals surface area contributed by atoms with Gasteiger partial charge in [-0.2, -0.15) is 0 Å². The fourth-order valence-electron chi connectivity index (χ4n) is 5.10. The number of sulfone groups is 2. The van der Waals surface area contributed by atoms with Crippen molar-refractivity contribution in [2.45, 2.75) is 48.2 Å². The molecule has 4 rings (SSSR count). The normalized spacial score (nSPS) is 17.0. The maximum atomic E-state index is 13.4. The smallest absolute Gasteiger partial charge is 0.203 e. The number of ether oxygens (including phenoxy) is 6. The molecule has 0 aromatic heterocycles. The summed E-state index contributed by atoms with van der Waals surface area (Å²) in [5.74, 6) is 1.22. The molecule has 0 N–H and O–H groups in total. The van der Waals surface area contributed by atoms with Crippen LogP contribution in [0.4, 0.5) is 0 Å². The number of benzene rings is 3. The van der Waals surface area contributed by atoms with Gasteiger partial charge in [0.1, 0.15) is 11.5 Å². The van der Waals surface area contributed by atoms with Gasteiger partial charge in [0.2, 0.25) is 5.75 Å². The van der Waals surface area contributed by atoms with Crippen molar-refractivity contribution >= 4 is 19.7 Å². The van der Waals surface area contributed by atoms with Crippen LogP contribution in [0.2, 0.25) is 0 Å². The number of hydrogen-bond acceptors (Lipinski definition) is 10. The highest BCUT2D eigenvalue weighted by Gasteiger charge is 2.33. The fourth-order valence-corrected chi connectivity index (χ4v) is 7.73. The molecule has 1 fully saturated rings. The van der Waals surface area contributed by atoms with E-state index in [0.29, 0.717) is 42.1 Å². The lowest BCUT2D eigenvalue weighted by atomic mass is 10.0. The lowest BCUT2D eigenvalue weighted by Crippen LogP contribution is -2.17. The Morgan fingerprint density at radius 2 is 1.23 bits per heavy atom. The molecule has 1 aliphatic heterocycles.